The molecule has 2 N–H and O–H groups in total. The minimum atomic E-state index is 0.740. The Morgan fingerprint density at radius 3 is 2.47 bits per heavy atom. The van der Waals surface area contributed by atoms with Gasteiger partial charge in [-0.15, -0.1) is 0 Å². The van der Waals surface area contributed by atoms with Crippen molar-refractivity contribution in [3.8, 4) is 0 Å². The van der Waals surface area contributed by atoms with Crippen LogP contribution in [0.4, 0.5) is 11.4 Å². The Balaban J connectivity index is 2.33. The Morgan fingerprint density at radius 1 is 1.20 bits per heavy atom. The molecule has 1 aliphatic heterocycles. The minimum absolute atomic E-state index is 0.740. The Morgan fingerprint density at radius 2 is 1.87 bits per heavy atom. The van der Waals surface area contributed by atoms with Gasteiger partial charge in [0, 0.05) is 17.6 Å². The summed E-state index contributed by atoms with van der Waals surface area (Å²) in [7, 11) is 0. The van der Waals surface area contributed by atoms with Gasteiger partial charge >= 0.3 is 0 Å². The smallest absolute Gasteiger partial charge is 0.0789 e. The highest BCUT2D eigenvalue weighted by molar-refractivity contribution is 9.10. The van der Waals surface area contributed by atoms with Crippen LogP contribution in [0.15, 0.2) is 16.6 Å². The lowest BCUT2D eigenvalue weighted by Gasteiger charge is -2.30. The van der Waals surface area contributed by atoms with Gasteiger partial charge in [-0.25, -0.2) is 0 Å². The Labute approximate surface area is 104 Å². The molecular weight excluding hydrogens is 275 g/mol. The molecule has 0 unspecified atom stereocenters. The lowest BCUT2D eigenvalue weighted by atomic mass is 10.1. The number of rotatable bonds is 1. The maximum absolute atomic E-state index is 6.22. The number of hydrogen-bond acceptors (Lipinski definition) is 2. The maximum Gasteiger partial charge on any atom is 0.0789 e. The number of anilines is 2. The molecule has 1 saturated heterocycles. The summed E-state index contributed by atoms with van der Waals surface area (Å²) in [5.41, 5.74) is 7.76. The van der Waals surface area contributed by atoms with E-state index in [0.29, 0.717) is 0 Å². The molecule has 4 heteroatoms. The first-order valence-corrected chi connectivity index (χ1v) is 6.35. The second kappa shape index (κ2) is 4.62. The Bertz CT molecular complexity index is 339. The zero-order valence-electron chi connectivity index (χ0n) is 8.47. The van der Waals surface area contributed by atoms with Crippen molar-refractivity contribution in [2.75, 3.05) is 23.7 Å². The van der Waals surface area contributed by atoms with Crippen LogP contribution in [0.5, 0.6) is 0 Å². The molecule has 15 heavy (non-hydrogen) atoms. The van der Waals surface area contributed by atoms with Crippen molar-refractivity contribution >= 4 is 38.9 Å². The molecule has 82 valence electrons. The van der Waals surface area contributed by atoms with Crippen LogP contribution in [0.3, 0.4) is 0 Å². The molecule has 1 aromatic carbocycles. The molecule has 0 saturated carbocycles. The van der Waals surface area contributed by atoms with Crippen molar-refractivity contribution in [2.45, 2.75) is 19.3 Å². The summed E-state index contributed by atoms with van der Waals surface area (Å²) < 4.78 is 0.936. The van der Waals surface area contributed by atoms with Crippen LogP contribution < -0.4 is 10.6 Å². The van der Waals surface area contributed by atoms with Crippen LogP contribution in [-0.2, 0) is 0 Å². The third-order valence-electron chi connectivity index (χ3n) is 2.73. The van der Waals surface area contributed by atoms with Crippen LogP contribution >= 0.6 is 27.5 Å². The molecule has 1 fully saturated rings. The van der Waals surface area contributed by atoms with E-state index in [1.54, 1.807) is 0 Å². The van der Waals surface area contributed by atoms with Gasteiger partial charge < -0.3 is 10.6 Å². The summed E-state index contributed by atoms with van der Waals surface area (Å²) in [6.07, 6.45) is 3.77. The van der Waals surface area contributed by atoms with Crippen LogP contribution in [0.1, 0.15) is 19.3 Å². The van der Waals surface area contributed by atoms with Crippen molar-refractivity contribution in [3.05, 3.63) is 21.6 Å². The van der Waals surface area contributed by atoms with Gasteiger partial charge in [-0.2, -0.15) is 0 Å². The molecule has 2 rings (SSSR count). The summed E-state index contributed by atoms with van der Waals surface area (Å²) in [5, 5.41) is 0.740. The van der Waals surface area contributed by atoms with E-state index in [1.807, 2.05) is 12.1 Å². The summed E-state index contributed by atoms with van der Waals surface area (Å²) in [6.45, 7) is 2.12. The largest absolute Gasteiger partial charge is 0.397 e. The summed E-state index contributed by atoms with van der Waals surface area (Å²) in [5.74, 6) is 0. The number of nitrogen functional groups attached to an aromatic ring is 1. The zero-order chi connectivity index (χ0) is 10.8. The molecule has 1 aromatic rings. The van der Waals surface area contributed by atoms with Gasteiger partial charge in [0.2, 0.25) is 0 Å². The van der Waals surface area contributed by atoms with Gasteiger partial charge in [-0.05, 0) is 31.4 Å². The topological polar surface area (TPSA) is 29.3 Å². The lowest BCUT2D eigenvalue weighted by Crippen LogP contribution is -2.30. The van der Waals surface area contributed by atoms with Gasteiger partial charge in [-0.1, -0.05) is 27.5 Å². The molecular formula is C11H14BrClN2. The first kappa shape index (κ1) is 11.1. The molecule has 0 bridgehead atoms. The zero-order valence-corrected chi connectivity index (χ0v) is 10.8. The van der Waals surface area contributed by atoms with Crippen LogP contribution in [0.25, 0.3) is 0 Å². The van der Waals surface area contributed by atoms with Crippen molar-refractivity contribution < 1.29 is 0 Å². The van der Waals surface area contributed by atoms with E-state index in [9.17, 15) is 0 Å². The first-order chi connectivity index (χ1) is 7.18. The Kier molecular flexibility index (Phi) is 3.42. The second-order valence-electron chi connectivity index (χ2n) is 3.87. The highest BCUT2D eigenvalue weighted by atomic mass is 79.9. The standard InChI is InChI=1S/C11H14BrClN2/c12-8-6-9(13)11(10(14)7-8)15-4-2-1-3-5-15/h6-7H,1-5,14H2. The van der Waals surface area contributed by atoms with Crippen molar-refractivity contribution in [1.29, 1.82) is 0 Å². The summed E-state index contributed by atoms with van der Waals surface area (Å²) in [4.78, 5) is 2.29. The first-order valence-electron chi connectivity index (χ1n) is 5.18. The lowest BCUT2D eigenvalue weighted by molar-refractivity contribution is 0.578. The third kappa shape index (κ3) is 2.40. The van der Waals surface area contributed by atoms with Crippen LogP contribution in [0.2, 0.25) is 5.02 Å². The molecule has 0 atom stereocenters. The fourth-order valence-electron chi connectivity index (χ4n) is 2.04. The fraction of sp³-hybridized carbons (Fsp3) is 0.455. The van der Waals surface area contributed by atoms with Gasteiger partial charge in [-0.3, -0.25) is 0 Å². The molecule has 1 heterocycles. The van der Waals surface area contributed by atoms with E-state index < -0.39 is 0 Å². The highest BCUT2D eigenvalue weighted by Crippen LogP contribution is 2.36. The molecule has 0 amide bonds. The van der Waals surface area contributed by atoms with Gasteiger partial charge in [0.25, 0.3) is 0 Å². The van der Waals surface area contributed by atoms with Gasteiger partial charge in [0.15, 0.2) is 0 Å². The van der Waals surface area contributed by atoms with Crippen molar-refractivity contribution in [1.82, 2.24) is 0 Å². The molecule has 0 radical (unpaired) electrons. The SMILES string of the molecule is Nc1cc(Br)cc(Cl)c1N1CCCCC1. The van der Waals surface area contributed by atoms with Crippen molar-refractivity contribution in [3.63, 3.8) is 0 Å². The summed E-state index contributed by atoms with van der Waals surface area (Å²) in [6, 6.07) is 3.82. The number of benzene rings is 1. The van der Waals surface area contributed by atoms with Gasteiger partial charge in [0.05, 0.1) is 16.4 Å². The van der Waals surface area contributed by atoms with E-state index in [4.69, 9.17) is 17.3 Å². The molecule has 0 aliphatic carbocycles. The normalized spacial score (nSPS) is 16.8. The minimum Gasteiger partial charge on any atom is -0.397 e. The van der Waals surface area contributed by atoms with E-state index in [2.05, 4.69) is 20.8 Å². The van der Waals surface area contributed by atoms with Crippen molar-refractivity contribution in [2.24, 2.45) is 0 Å². The number of nitrogens with zero attached hydrogens (tertiary/aromatic N) is 1. The Hall–Kier alpha value is -0.410. The molecule has 1 aliphatic rings. The predicted octanol–water partition coefficient (Wildman–Crippen LogP) is 3.68. The molecule has 2 nitrogen and oxygen atoms in total. The second-order valence-corrected chi connectivity index (χ2v) is 5.20. The fourth-order valence-corrected chi connectivity index (χ4v) is 2.99. The maximum atomic E-state index is 6.22. The van der Waals surface area contributed by atoms with E-state index in [0.717, 1.165) is 34.0 Å². The van der Waals surface area contributed by atoms with E-state index >= 15 is 0 Å². The molecule has 0 spiro atoms. The van der Waals surface area contributed by atoms with Gasteiger partial charge in [0.1, 0.15) is 0 Å². The average Bonchev–Trinajstić information content (AvgIpc) is 2.17. The predicted molar refractivity (Wildman–Crippen MR) is 69.6 cm³/mol. The number of halogens is 2. The highest BCUT2D eigenvalue weighted by Gasteiger charge is 2.16. The van der Waals surface area contributed by atoms with E-state index in [1.165, 1.54) is 19.3 Å². The number of piperidine rings is 1. The summed E-state index contributed by atoms with van der Waals surface area (Å²) >= 11 is 9.60. The van der Waals surface area contributed by atoms with E-state index in [-0.39, 0.29) is 0 Å². The van der Waals surface area contributed by atoms with Crippen LogP contribution in [0, 0.1) is 0 Å². The number of hydrogen-bond donors (Lipinski definition) is 1. The van der Waals surface area contributed by atoms with Crippen LogP contribution in [-0.4, -0.2) is 13.1 Å². The molecule has 0 aromatic heterocycles. The quantitative estimate of drug-likeness (QED) is 0.799. The number of nitrogens with two attached hydrogens (primary N) is 1. The third-order valence-corrected chi connectivity index (χ3v) is 3.48. The average molecular weight is 290 g/mol. The monoisotopic (exact) mass is 288 g/mol.